The van der Waals surface area contributed by atoms with E-state index in [1.54, 1.807) is 13.8 Å². The summed E-state index contributed by atoms with van der Waals surface area (Å²) in [7, 11) is 0. The maximum Gasteiger partial charge on any atom is 0.418 e. The van der Waals surface area contributed by atoms with Crippen molar-refractivity contribution in [2.24, 2.45) is 0 Å². The SMILES string of the molecule is CC(C)N(CCC(=O)O)c1cc(Br)ccc1C(F)(F)F. The summed E-state index contributed by atoms with van der Waals surface area (Å²) in [4.78, 5) is 12.1. The molecule has 1 aromatic rings. The van der Waals surface area contributed by atoms with Crippen LogP contribution in [0.25, 0.3) is 0 Å². The van der Waals surface area contributed by atoms with Crippen molar-refractivity contribution in [3.05, 3.63) is 28.2 Å². The Hall–Kier alpha value is -1.24. The molecule has 0 aliphatic heterocycles. The van der Waals surface area contributed by atoms with Crippen molar-refractivity contribution in [3.8, 4) is 0 Å². The van der Waals surface area contributed by atoms with Crippen molar-refractivity contribution in [1.82, 2.24) is 0 Å². The minimum atomic E-state index is -4.48. The van der Waals surface area contributed by atoms with Crippen LogP contribution in [0.1, 0.15) is 25.8 Å². The quantitative estimate of drug-likeness (QED) is 0.863. The van der Waals surface area contributed by atoms with Crippen LogP contribution in [0.5, 0.6) is 0 Å². The van der Waals surface area contributed by atoms with E-state index in [0.29, 0.717) is 4.47 Å². The number of hydrogen-bond acceptors (Lipinski definition) is 2. The van der Waals surface area contributed by atoms with Gasteiger partial charge in [-0.3, -0.25) is 4.79 Å². The average Bonchev–Trinajstić information content (AvgIpc) is 2.26. The molecule has 112 valence electrons. The number of halogens is 4. The topological polar surface area (TPSA) is 40.5 Å². The fraction of sp³-hybridized carbons (Fsp3) is 0.462. The van der Waals surface area contributed by atoms with E-state index in [4.69, 9.17) is 5.11 Å². The van der Waals surface area contributed by atoms with Crippen molar-refractivity contribution >= 4 is 27.6 Å². The number of carbonyl (C=O) groups is 1. The average molecular weight is 354 g/mol. The van der Waals surface area contributed by atoms with Crippen LogP contribution in [0.2, 0.25) is 0 Å². The molecule has 0 radical (unpaired) electrons. The molecular weight excluding hydrogens is 339 g/mol. The van der Waals surface area contributed by atoms with Gasteiger partial charge in [0, 0.05) is 17.1 Å². The van der Waals surface area contributed by atoms with Gasteiger partial charge in [0.1, 0.15) is 0 Å². The lowest BCUT2D eigenvalue weighted by Crippen LogP contribution is -2.34. The largest absolute Gasteiger partial charge is 0.481 e. The molecule has 0 amide bonds. The van der Waals surface area contributed by atoms with Crippen LogP contribution in [0.3, 0.4) is 0 Å². The molecule has 1 rings (SSSR count). The summed E-state index contributed by atoms with van der Waals surface area (Å²) in [5.74, 6) is -1.04. The Morgan fingerprint density at radius 1 is 1.40 bits per heavy atom. The van der Waals surface area contributed by atoms with E-state index in [1.165, 1.54) is 17.0 Å². The lowest BCUT2D eigenvalue weighted by molar-refractivity contribution is -0.137. The fourth-order valence-electron chi connectivity index (χ4n) is 1.86. The summed E-state index contributed by atoms with van der Waals surface area (Å²) in [5, 5.41) is 8.72. The number of nitrogens with zero attached hydrogens (tertiary/aromatic N) is 1. The smallest absolute Gasteiger partial charge is 0.418 e. The summed E-state index contributed by atoms with van der Waals surface area (Å²) in [6, 6.07) is 3.44. The Kier molecular flexibility index (Phi) is 5.44. The predicted molar refractivity (Wildman–Crippen MR) is 73.9 cm³/mol. The van der Waals surface area contributed by atoms with Gasteiger partial charge in [-0.1, -0.05) is 15.9 Å². The summed E-state index contributed by atoms with van der Waals surface area (Å²) in [6.45, 7) is 3.47. The second-order valence-electron chi connectivity index (χ2n) is 4.59. The van der Waals surface area contributed by atoms with E-state index in [9.17, 15) is 18.0 Å². The molecule has 20 heavy (non-hydrogen) atoms. The van der Waals surface area contributed by atoms with Gasteiger partial charge in [-0.15, -0.1) is 0 Å². The van der Waals surface area contributed by atoms with Gasteiger partial charge < -0.3 is 10.0 Å². The number of hydrogen-bond donors (Lipinski definition) is 1. The van der Waals surface area contributed by atoms with Crippen LogP contribution in [-0.2, 0) is 11.0 Å². The lowest BCUT2D eigenvalue weighted by atomic mass is 10.1. The van der Waals surface area contributed by atoms with Crippen LogP contribution in [0.4, 0.5) is 18.9 Å². The molecule has 0 aliphatic carbocycles. The first-order chi connectivity index (χ1) is 9.12. The predicted octanol–water partition coefficient (Wildman–Crippen LogP) is 4.16. The Balaban J connectivity index is 3.24. The van der Waals surface area contributed by atoms with Crippen molar-refractivity contribution in [3.63, 3.8) is 0 Å². The first-order valence-electron chi connectivity index (χ1n) is 5.98. The van der Waals surface area contributed by atoms with E-state index >= 15 is 0 Å². The Morgan fingerprint density at radius 2 is 2.00 bits per heavy atom. The molecule has 1 N–H and O–H groups in total. The molecule has 0 heterocycles. The third-order valence-corrected chi connectivity index (χ3v) is 3.26. The van der Waals surface area contributed by atoms with Gasteiger partial charge >= 0.3 is 12.1 Å². The van der Waals surface area contributed by atoms with E-state index in [2.05, 4.69) is 15.9 Å². The number of rotatable bonds is 5. The van der Waals surface area contributed by atoms with E-state index in [1.807, 2.05) is 0 Å². The van der Waals surface area contributed by atoms with Crippen molar-refractivity contribution < 1.29 is 23.1 Å². The lowest BCUT2D eigenvalue weighted by Gasteiger charge is -2.31. The number of carboxylic acids is 1. The normalized spacial score (nSPS) is 11.8. The maximum atomic E-state index is 13.0. The maximum absolute atomic E-state index is 13.0. The number of alkyl halides is 3. The Labute approximate surface area is 123 Å². The van der Waals surface area contributed by atoms with E-state index in [0.717, 1.165) is 6.07 Å². The highest BCUT2D eigenvalue weighted by molar-refractivity contribution is 9.10. The van der Waals surface area contributed by atoms with Crippen molar-refractivity contribution in [2.45, 2.75) is 32.5 Å². The third-order valence-electron chi connectivity index (χ3n) is 2.76. The molecule has 7 heteroatoms. The summed E-state index contributed by atoms with van der Waals surface area (Å²) < 4.78 is 39.6. The monoisotopic (exact) mass is 353 g/mol. The molecule has 0 saturated carbocycles. The second kappa shape index (κ2) is 6.47. The van der Waals surface area contributed by atoms with Gasteiger partial charge in [0.05, 0.1) is 17.7 Å². The van der Waals surface area contributed by atoms with Gasteiger partial charge in [-0.25, -0.2) is 0 Å². The molecule has 0 aliphatic rings. The standard InChI is InChI=1S/C13H15BrF3NO2/c1-8(2)18(6-5-12(19)20)11-7-9(14)3-4-10(11)13(15,16)17/h3-4,7-8H,5-6H2,1-2H3,(H,19,20). The van der Waals surface area contributed by atoms with Gasteiger partial charge in [-0.05, 0) is 32.0 Å². The molecule has 0 aromatic heterocycles. The third kappa shape index (κ3) is 4.40. The number of benzene rings is 1. The molecular formula is C13H15BrF3NO2. The second-order valence-corrected chi connectivity index (χ2v) is 5.51. The fourth-order valence-corrected chi connectivity index (χ4v) is 2.20. The van der Waals surface area contributed by atoms with Crippen LogP contribution >= 0.6 is 15.9 Å². The zero-order valence-corrected chi connectivity index (χ0v) is 12.6. The van der Waals surface area contributed by atoms with Crippen LogP contribution in [0.15, 0.2) is 22.7 Å². The molecule has 0 saturated heterocycles. The number of aliphatic carboxylic acids is 1. The van der Waals surface area contributed by atoms with Gasteiger partial charge in [-0.2, -0.15) is 13.2 Å². The highest BCUT2D eigenvalue weighted by Gasteiger charge is 2.35. The highest BCUT2D eigenvalue weighted by atomic mass is 79.9. The molecule has 0 bridgehead atoms. The van der Waals surface area contributed by atoms with Crippen LogP contribution in [0, 0.1) is 0 Å². The molecule has 0 atom stereocenters. The van der Waals surface area contributed by atoms with Crippen molar-refractivity contribution in [1.29, 1.82) is 0 Å². The highest BCUT2D eigenvalue weighted by Crippen LogP contribution is 2.38. The van der Waals surface area contributed by atoms with E-state index < -0.39 is 17.7 Å². The van der Waals surface area contributed by atoms with Crippen LogP contribution < -0.4 is 4.90 Å². The molecule has 0 unspecified atom stereocenters. The number of anilines is 1. The molecule has 0 spiro atoms. The minimum Gasteiger partial charge on any atom is -0.481 e. The van der Waals surface area contributed by atoms with Gasteiger partial charge in [0.25, 0.3) is 0 Å². The zero-order valence-electron chi connectivity index (χ0n) is 11.0. The van der Waals surface area contributed by atoms with Crippen molar-refractivity contribution in [2.75, 3.05) is 11.4 Å². The summed E-state index contributed by atoms with van der Waals surface area (Å²) in [5.41, 5.74) is -0.775. The van der Waals surface area contributed by atoms with Gasteiger partial charge in [0.15, 0.2) is 0 Å². The van der Waals surface area contributed by atoms with Crippen LogP contribution in [-0.4, -0.2) is 23.7 Å². The number of carboxylic acid groups (broad SMARTS) is 1. The van der Waals surface area contributed by atoms with Gasteiger partial charge in [0.2, 0.25) is 0 Å². The summed E-state index contributed by atoms with van der Waals surface area (Å²) >= 11 is 3.15. The first-order valence-corrected chi connectivity index (χ1v) is 6.77. The first kappa shape index (κ1) is 16.8. The molecule has 0 fully saturated rings. The molecule has 3 nitrogen and oxygen atoms in total. The zero-order chi connectivity index (χ0) is 15.5. The summed E-state index contributed by atoms with van der Waals surface area (Å²) in [6.07, 6.45) is -4.70. The van der Waals surface area contributed by atoms with E-state index in [-0.39, 0.29) is 24.7 Å². The minimum absolute atomic E-state index is 0.0110. The Bertz CT molecular complexity index is 489. The molecule has 1 aromatic carbocycles. The Morgan fingerprint density at radius 3 is 2.45 bits per heavy atom.